The van der Waals surface area contributed by atoms with E-state index in [1.807, 2.05) is 0 Å². The molecule has 1 aromatic heterocycles. The summed E-state index contributed by atoms with van der Waals surface area (Å²) in [6.45, 7) is 3.37. The Kier molecular flexibility index (Phi) is 3.87. The van der Waals surface area contributed by atoms with Crippen LogP contribution in [0.1, 0.15) is 25.1 Å². The Bertz CT molecular complexity index is 594. The molecule has 1 fully saturated rings. The second-order valence-electron chi connectivity index (χ2n) is 4.78. The number of aromatic nitrogens is 2. The van der Waals surface area contributed by atoms with Crippen LogP contribution in [-0.4, -0.2) is 41.0 Å². The molecule has 0 bridgehead atoms. The van der Waals surface area contributed by atoms with Crippen LogP contribution in [0, 0.1) is 6.92 Å². The molecule has 1 aromatic rings. The molecule has 0 aromatic carbocycles. The standard InChI is InChI=1S/C11H16ClN3O3S/c1-7-5-10(13-11(16)8(2)12)15(14-7)9-3-4-19(17,18)6-9/h5,8-9H,3-4,6H2,1-2H3,(H,13,16). The summed E-state index contributed by atoms with van der Waals surface area (Å²) in [5, 5.41) is 6.28. The third kappa shape index (κ3) is 3.27. The van der Waals surface area contributed by atoms with Gasteiger partial charge < -0.3 is 5.32 Å². The first-order valence-electron chi connectivity index (χ1n) is 6.00. The lowest BCUT2D eigenvalue weighted by Gasteiger charge is -2.14. The molecule has 0 radical (unpaired) electrons. The van der Waals surface area contributed by atoms with Crippen molar-refractivity contribution in [3.05, 3.63) is 11.8 Å². The predicted molar refractivity (Wildman–Crippen MR) is 73.2 cm³/mol. The molecule has 19 heavy (non-hydrogen) atoms. The van der Waals surface area contributed by atoms with E-state index in [2.05, 4.69) is 10.4 Å². The molecule has 1 amide bonds. The minimum atomic E-state index is -3.00. The Morgan fingerprint density at radius 3 is 2.84 bits per heavy atom. The molecule has 2 heterocycles. The maximum absolute atomic E-state index is 11.6. The van der Waals surface area contributed by atoms with Gasteiger partial charge in [-0.25, -0.2) is 13.1 Å². The van der Waals surface area contributed by atoms with Gasteiger partial charge in [-0.15, -0.1) is 11.6 Å². The van der Waals surface area contributed by atoms with Crippen LogP contribution in [-0.2, 0) is 14.6 Å². The number of hydrogen-bond acceptors (Lipinski definition) is 4. The maximum Gasteiger partial charge on any atom is 0.243 e. The number of amides is 1. The van der Waals surface area contributed by atoms with Crippen LogP contribution in [0.2, 0.25) is 0 Å². The Hall–Kier alpha value is -1.08. The van der Waals surface area contributed by atoms with Crippen LogP contribution < -0.4 is 5.32 Å². The Morgan fingerprint density at radius 2 is 2.32 bits per heavy atom. The fourth-order valence-electron chi connectivity index (χ4n) is 2.08. The van der Waals surface area contributed by atoms with E-state index in [1.165, 1.54) is 0 Å². The van der Waals surface area contributed by atoms with Gasteiger partial charge in [0.25, 0.3) is 0 Å². The summed E-state index contributed by atoms with van der Waals surface area (Å²) in [4.78, 5) is 11.6. The van der Waals surface area contributed by atoms with Gasteiger partial charge in [-0.1, -0.05) is 0 Å². The molecule has 2 atom stereocenters. The number of rotatable bonds is 3. The summed E-state index contributed by atoms with van der Waals surface area (Å²) >= 11 is 5.70. The van der Waals surface area contributed by atoms with Gasteiger partial charge >= 0.3 is 0 Å². The topological polar surface area (TPSA) is 81.1 Å². The van der Waals surface area contributed by atoms with Crippen molar-refractivity contribution in [2.24, 2.45) is 0 Å². The van der Waals surface area contributed by atoms with Gasteiger partial charge in [0.15, 0.2) is 9.84 Å². The number of halogens is 1. The molecule has 6 nitrogen and oxygen atoms in total. The van der Waals surface area contributed by atoms with Crippen molar-refractivity contribution in [2.45, 2.75) is 31.7 Å². The normalized spacial score (nSPS) is 23.2. The number of alkyl halides is 1. The largest absolute Gasteiger partial charge is 0.310 e. The number of sulfone groups is 1. The van der Waals surface area contributed by atoms with E-state index in [0.29, 0.717) is 12.2 Å². The second kappa shape index (κ2) is 5.13. The first kappa shape index (κ1) is 14.3. The van der Waals surface area contributed by atoms with Gasteiger partial charge in [0.1, 0.15) is 11.2 Å². The average molecular weight is 306 g/mol. The van der Waals surface area contributed by atoms with E-state index < -0.39 is 15.2 Å². The van der Waals surface area contributed by atoms with Crippen molar-refractivity contribution in [1.82, 2.24) is 9.78 Å². The van der Waals surface area contributed by atoms with Crippen molar-refractivity contribution in [2.75, 3.05) is 16.8 Å². The summed E-state index contributed by atoms with van der Waals surface area (Å²) in [7, 11) is -3.00. The van der Waals surface area contributed by atoms with Crippen LogP contribution in [0.4, 0.5) is 5.82 Å². The van der Waals surface area contributed by atoms with Crippen molar-refractivity contribution >= 4 is 33.2 Å². The lowest BCUT2D eigenvalue weighted by Crippen LogP contribution is -2.24. The first-order valence-corrected chi connectivity index (χ1v) is 8.26. The van der Waals surface area contributed by atoms with Crippen molar-refractivity contribution < 1.29 is 13.2 Å². The van der Waals surface area contributed by atoms with Gasteiger partial charge in [-0.2, -0.15) is 5.10 Å². The fraction of sp³-hybridized carbons (Fsp3) is 0.636. The Labute approximate surface area is 117 Å². The summed E-state index contributed by atoms with van der Waals surface area (Å²) < 4.78 is 24.6. The van der Waals surface area contributed by atoms with Crippen LogP contribution in [0.5, 0.6) is 0 Å². The lowest BCUT2D eigenvalue weighted by molar-refractivity contribution is -0.115. The summed E-state index contributed by atoms with van der Waals surface area (Å²) in [5.74, 6) is 0.393. The monoisotopic (exact) mass is 305 g/mol. The first-order chi connectivity index (χ1) is 8.78. The number of nitrogens with one attached hydrogen (secondary N) is 1. The van der Waals surface area contributed by atoms with Gasteiger partial charge in [0, 0.05) is 6.07 Å². The van der Waals surface area contributed by atoms with Gasteiger partial charge in [-0.3, -0.25) is 4.79 Å². The third-order valence-electron chi connectivity index (χ3n) is 3.02. The Morgan fingerprint density at radius 1 is 1.63 bits per heavy atom. The number of carbonyl (C=O) groups excluding carboxylic acids is 1. The highest BCUT2D eigenvalue weighted by Gasteiger charge is 2.31. The molecule has 1 aliphatic rings. The fourth-order valence-corrected chi connectivity index (χ4v) is 3.83. The zero-order valence-corrected chi connectivity index (χ0v) is 12.3. The smallest absolute Gasteiger partial charge is 0.243 e. The minimum Gasteiger partial charge on any atom is -0.310 e. The van der Waals surface area contributed by atoms with E-state index >= 15 is 0 Å². The van der Waals surface area contributed by atoms with Crippen molar-refractivity contribution in [1.29, 1.82) is 0 Å². The van der Waals surface area contributed by atoms with Gasteiger partial charge in [0.2, 0.25) is 5.91 Å². The molecule has 0 aliphatic carbocycles. The predicted octanol–water partition coefficient (Wildman–Crippen LogP) is 1.12. The zero-order valence-electron chi connectivity index (χ0n) is 10.8. The lowest BCUT2D eigenvalue weighted by atomic mass is 10.3. The molecule has 0 saturated carbocycles. The van der Waals surface area contributed by atoms with E-state index in [0.717, 1.165) is 5.69 Å². The highest BCUT2D eigenvalue weighted by atomic mass is 35.5. The SMILES string of the molecule is Cc1cc(NC(=O)C(C)Cl)n(C2CCS(=O)(=O)C2)n1. The van der Waals surface area contributed by atoms with E-state index in [4.69, 9.17) is 11.6 Å². The number of aryl methyl sites for hydroxylation is 1. The van der Waals surface area contributed by atoms with Crippen LogP contribution in [0.3, 0.4) is 0 Å². The molecule has 2 unspecified atom stereocenters. The molecule has 106 valence electrons. The summed E-state index contributed by atoms with van der Waals surface area (Å²) in [6, 6.07) is 1.49. The Balaban J connectivity index is 2.24. The molecule has 1 N–H and O–H groups in total. The molecule has 2 rings (SSSR count). The summed E-state index contributed by atoms with van der Waals surface area (Å²) in [5.41, 5.74) is 0.724. The van der Waals surface area contributed by atoms with Gasteiger partial charge in [0.05, 0.1) is 23.2 Å². The quantitative estimate of drug-likeness (QED) is 0.848. The van der Waals surface area contributed by atoms with E-state index in [1.54, 1.807) is 24.6 Å². The molecular formula is C11H16ClN3O3S. The number of carbonyl (C=O) groups is 1. The zero-order chi connectivity index (χ0) is 14.2. The van der Waals surface area contributed by atoms with Crippen LogP contribution >= 0.6 is 11.6 Å². The van der Waals surface area contributed by atoms with Crippen LogP contribution in [0.25, 0.3) is 0 Å². The molecule has 1 saturated heterocycles. The minimum absolute atomic E-state index is 0.0629. The molecular weight excluding hydrogens is 290 g/mol. The van der Waals surface area contributed by atoms with Crippen LogP contribution in [0.15, 0.2) is 6.07 Å². The van der Waals surface area contributed by atoms with Gasteiger partial charge in [-0.05, 0) is 20.3 Å². The molecule has 0 spiro atoms. The molecule has 8 heteroatoms. The summed E-state index contributed by atoms with van der Waals surface area (Å²) in [6.07, 6.45) is 0.517. The van der Waals surface area contributed by atoms with E-state index in [-0.39, 0.29) is 23.5 Å². The molecule has 1 aliphatic heterocycles. The maximum atomic E-state index is 11.6. The number of hydrogen-bond donors (Lipinski definition) is 1. The van der Waals surface area contributed by atoms with Crippen molar-refractivity contribution in [3.63, 3.8) is 0 Å². The number of anilines is 1. The third-order valence-corrected chi connectivity index (χ3v) is 4.97. The number of nitrogens with zero attached hydrogens (tertiary/aromatic N) is 2. The van der Waals surface area contributed by atoms with E-state index in [9.17, 15) is 13.2 Å². The highest BCUT2D eigenvalue weighted by molar-refractivity contribution is 7.91. The van der Waals surface area contributed by atoms with Crippen molar-refractivity contribution in [3.8, 4) is 0 Å². The average Bonchev–Trinajstić information content (AvgIpc) is 2.81. The second-order valence-corrected chi connectivity index (χ2v) is 7.66. The highest BCUT2D eigenvalue weighted by Crippen LogP contribution is 2.27.